The van der Waals surface area contributed by atoms with Crippen molar-refractivity contribution in [3.63, 3.8) is 0 Å². The van der Waals surface area contributed by atoms with Gasteiger partial charge in [-0.05, 0) is 50.9 Å². The highest BCUT2D eigenvalue weighted by atomic mass is 16.2. The molecule has 128 valence electrons. The van der Waals surface area contributed by atoms with E-state index >= 15 is 0 Å². The molecule has 0 radical (unpaired) electrons. The van der Waals surface area contributed by atoms with Crippen molar-refractivity contribution in [2.45, 2.75) is 71.4 Å². The van der Waals surface area contributed by atoms with Crippen molar-refractivity contribution in [2.75, 3.05) is 26.2 Å². The number of nitrogens with two attached hydrogens (primary N) is 1. The molecule has 2 rings (SSSR count). The van der Waals surface area contributed by atoms with Gasteiger partial charge in [0, 0.05) is 44.7 Å². The fourth-order valence-corrected chi connectivity index (χ4v) is 3.98. The minimum atomic E-state index is 0.126. The molecular weight excluding hydrogens is 274 g/mol. The Bertz CT molecular complexity index is 340. The van der Waals surface area contributed by atoms with E-state index in [1.54, 1.807) is 0 Å². The first-order chi connectivity index (χ1) is 10.5. The van der Waals surface area contributed by atoms with E-state index in [0.717, 1.165) is 50.5 Å². The Morgan fingerprint density at radius 2 is 1.64 bits per heavy atom. The molecule has 1 saturated heterocycles. The maximum Gasteiger partial charge on any atom is 0.222 e. The third kappa shape index (κ3) is 4.95. The predicted molar refractivity (Wildman–Crippen MR) is 91.6 cm³/mol. The second-order valence-corrected chi connectivity index (χ2v) is 7.75. The molecule has 2 aliphatic rings. The molecule has 1 atom stereocenters. The van der Waals surface area contributed by atoms with Gasteiger partial charge in [-0.2, -0.15) is 0 Å². The Kier molecular flexibility index (Phi) is 6.69. The molecule has 2 N–H and O–H groups in total. The van der Waals surface area contributed by atoms with Crippen molar-refractivity contribution in [3.05, 3.63) is 0 Å². The summed E-state index contributed by atoms with van der Waals surface area (Å²) in [4.78, 5) is 16.8. The minimum absolute atomic E-state index is 0.126. The summed E-state index contributed by atoms with van der Waals surface area (Å²) in [6.07, 6.45) is 6.88. The van der Waals surface area contributed by atoms with Crippen LogP contribution in [0.5, 0.6) is 0 Å². The molecule has 0 aromatic rings. The van der Waals surface area contributed by atoms with Crippen molar-refractivity contribution in [2.24, 2.45) is 17.6 Å². The van der Waals surface area contributed by atoms with Gasteiger partial charge < -0.3 is 10.6 Å². The summed E-state index contributed by atoms with van der Waals surface area (Å²) in [5.74, 6) is 2.05. The van der Waals surface area contributed by atoms with Crippen molar-refractivity contribution < 1.29 is 4.79 Å². The van der Waals surface area contributed by atoms with E-state index in [9.17, 15) is 4.79 Å². The zero-order valence-electron chi connectivity index (χ0n) is 14.8. The highest BCUT2D eigenvalue weighted by Gasteiger charge is 2.30. The van der Waals surface area contributed by atoms with Crippen LogP contribution in [0.25, 0.3) is 0 Å². The van der Waals surface area contributed by atoms with E-state index in [-0.39, 0.29) is 6.04 Å². The number of carbonyl (C=O) groups excluding carboxylic acids is 1. The maximum absolute atomic E-state index is 12.2. The summed E-state index contributed by atoms with van der Waals surface area (Å²) < 4.78 is 0. The highest BCUT2D eigenvalue weighted by molar-refractivity contribution is 5.76. The maximum atomic E-state index is 12.2. The van der Waals surface area contributed by atoms with Gasteiger partial charge in [-0.25, -0.2) is 0 Å². The Morgan fingerprint density at radius 3 is 2.14 bits per heavy atom. The molecule has 1 saturated carbocycles. The Labute approximate surface area is 136 Å². The van der Waals surface area contributed by atoms with Gasteiger partial charge in [0.15, 0.2) is 0 Å². The zero-order chi connectivity index (χ0) is 16.1. The molecule has 1 unspecified atom stereocenters. The van der Waals surface area contributed by atoms with Gasteiger partial charge in [-0.15, -0.1) is 0 Å². The van der Waals surface area contributed by atoms with Gasteiger partial charge in [-0.1, -0.05) is 13.8 Å². The van der Waals surface area contributed by atoms with Crippen LogP contribution < -0.4 is 5.73 Å². The van der Waals surface area contributed by atoms with E-state index in [1.165, 1.54) is 25.7 Å². The Hall–Kier alpha value is -0.610. The number of nitrogens with zero attached hydrogens (tertiary/aromatic N) is 2. The van der Waals surface area contributed by atoms with E-state index in [1.807, 2.05) is 11.8 Å². The van der Waals surface area contributed by atoms with Gasteiger partial charge in [0.1, 0.15) is 0 Å². The third-order valence-electron chi connectivity index (χ3n) is 5.68. The molecule has 1 aliphatic heterocycles. The van der Waals surface area contributed by atoms with Crippen LogP contribution in [0.4, 0.5) is 0 Å². The zero-order valence-corrected chi connectivity index (χ0v) is 14.8. The molecule has 2 fully saturated rings. The predicted octanol–water partition coefficient (Wildman–Crippen LogP) is 2.47. The molecule has 1 amide bonds. The SMILES string of the molecule is CC(N)CCC(=O)N1CCN(C2CCC(C(C)C)CC2)CC1. The standard InChI is InChI=1S/C18H35N3O/c1-14(2)16-5-7-17(8-6-16)20-10-12-21(13-11-20)18(22)9-4-15(3)19/h14-17H,4-13,19H2,1-3H3. The largest absolute Gasteiger partial charge is 0.340 e. The van der Waals surface area contributed by atoms with Gasteiger partial charge in [0.25, 0.3) is 0 Å². The summed E-state index contributed by atoms with van der Waals surface area (Å²) >= 11 is 0. The van der Waals surface area contributed by atoms with Crippen LogP contribution in [0.3, 0.4) is 0 Å². The Morgan fingerprint density at radius 1 is 1.05 bits per heavy atom. The molecule has 1 aliphatic carbocycles. The van der Waals surface area contributed by atoms with Gasteiger partial charge in [-0.3, -0.25) is 9.69 Å². The fraction of sp³-hybridized carbons (Fsp3) is 0.944. The summed E-state index contributed by atoms with van der Waals surface area (Å²) in [7, 11) is 0. The molecule has 1 heterocycles. The van der Waals surface area contributed by atoms with E-state index < -0.39 is 0 Å². The summed E-state index contributed by atoms with van der Waals surface area (Å²) in [6, 6.07) is 0.887. The van der Waals surface area contributed by atoms with E-state index in [0.29, 0.717) is 12.3 Å². The van der Waals surface area contributed by atoms with Crippen molar-refractivity contribution in [1.29, 1.82) is 0 Å². The first kappa shape index (κ1) is 17.7. The monoisotopic (exact) mass is 309 g/mol. The third-order valence-corrected chi connectivity index (χ3v) is 5.68. The smallest absolute Gasteiger partial charge is 0.222 e. The molecule has 0 spiro atoms. The lowest BCUT2D eigenvalue weighted by molar-refractivity contribution is -0.133. The summed E-state index contributed by atoms with van der Waals surface area (Å²) in [5.41, 5.74) is 5.74. The van der Waals surface area contributed by atoms with E-state index in [4.69, 9.17) is 5.73 Å². The van der Waals surface area contributed by atoms with Crippen LogP contribution in [0, 0.1) is 11.8 Å². The number of piperazine rings is 1. The molecule has 0 aromatic heterocycles. The number of hydrogen-bond donors (Lipinski definition) is 1. The normalized spacial score (nSPS) is 28.9. The van der Waals surface area contributed by atoms with Crippen LogP contribution in [-0.4, -0.2) is 54.0 Å². The van der Waals surface area contributed by atoms with Crippen molar-refractivity contribution >= 4 is 5.91 Å². The lowest BCUT2D eigenvalue weighted by Crippen LogP contribution is -2.52. The molecule has 4 heteroatoms. The van der Waals surface area contributed by atoms with Crippen LogP contribution in [-0.2, 0) is 4.79 Å². The summed E-state index contributed by atoms with van der Waals surface area (Å²) in [5, 5.41) is 0. The summed E-state index contributed by atoms with van der Waals surface area (Å²) in [6.45, 7) is 10.6. The van der Waals surface area contributed by atoms with Crippen LogP contribution in [0.2, 0.25) is 0 Å². The minimum Gasteiger partial charge on any atom is -0.340 e. The highest BCUT2D eigenvalue weighted by Crippen LogP contribution is 2.32. The second-order valence-electron chi connectivity index (χ2n) is 7.75. The molecular formula is C18H35N3O. The van der Waals surface area contributed by atoms with Gasteiger partial charge in [0.2, 0.25) is 5.91 Å². The van der Waals surface area contributed by atoms with Crippen molar-refractivity contribution in [1.82, 2.24) is 9.80 Å². The van der Waals surface area contributed by atoms with E-state index in [2.05, 4.69) is 18.7 Å². The van der Waals surface area contributed by atoms with Crippen LogP contribution >= 0.6 is 0 Å². The van der Waals surface area contributed by atoms with Crippen LogP contribution in [0.15, 0.2) is 0 Å². The second kappa shape index (κ2) is 8.30. The molecule has 0 aromatic carbocycles. The number of carbonyl (C=O) groups is 1. The number of amides is 1. The fourth-order valence-electron chi connectivity index (χ4n) is 3.98. The van der Waals surface area contributed by atoms with Gasteiger partial charge in [0.05, 0.1) is 0 Å². The lowest BCUT2D eigenvalue weighted by Gasteiger charge is -2.42. The quantitative estimate of drug-likeness (QED) is 0.849. The number of rotatable bonds is 5. The topological polar surface area (TPSA) is 49.6 Å². The molecule has 4 nitrogen and oxygen atoms in total. The van der Waals surface area contributed by atoms with Gasteiger partial charge >= 0.3 is 0 Å². The average Bonchev–Trinajstić information content (AvgIpc) is 2.53. The molecule has 22 heavy (non-hydrogen) atoms. The average molecular weight is 309 g/mol. The number of hydrogen-bond acceptors (Lipinski definition) is 3. The molecule has 0 bridgehead atoms. The lowest BCUT2D eigenvalue weighted by atomic mass is 9.79. The van der Waals surface area contributed by atoms with Crippen molar-refractivity contribution in [3.8, 4) is 0 Å². The van der Waals surface area contributed by atoms with Crippen LogP contribution in [0.1, 0.15) is 59.3 Å². The first-order valence-corrected chi connectivity index (χ1v) is 9.24. The Balaban J connectivity index is 1.70. The first-order valence-electron chi connectivity index (χ1n) is 9.24.